The van der Waals surface area contributed by atoms with Gasteiger partial charge in [0.15, 0.2) is 0 Å². The van der Waals surface area contributed by atoms with E-state index >= 15 is 0 Å². The molecule has 0 atom stereocenters. The standard InChI is InChI=1S/C26H22N4O2S/c1-18-7-5-9-20(15-18)26(32)30(2)21-10-6-8-19(16-21)13-14-24(31)28-23-12-4-3-11-22(23)25-29-27-17-33-25/h3-17H,1-2H3,(H,28,31)/b14-13+. The highest BCUT2D eigenvalue weighted by molar-refractivity contribution is 7.12. The topological polar surface area (TPSA) is 75.2 Å². The van der Waals surface area contributed by atoms with Gasteiger partial charge < -0.3 is 10.2 Å². The van der Waals surface area contributed by atoms with E-state index in [0.717, 1.165) is 27.4 Å². The van der Waals surface area contributed by atoms with Crippen LogP contribution in [-0.2, 0) is 4.79 Å². The molecule has 4 aromatic rings. The molecule has 0 unspecified atom stereocenters. The summed E-state index contributed by atoms with van der Waals surface area (Å²) in [5, 5.41) is 11.6. The van der Waals surface area contributed by atoms with Crippen LogP contribution < -0.4 is 10.2 Å². The molecule has 0 aliphatic heterocycles. The fourth-order valence-electron chi connectivity index (χ4n) is 3.34. The van der Waals surface area contributed by atoms with E-state index in [1.54, 1.807) is 29.6 Å². The summed E-state index contributed by atoms with van der Waals surface area (Å²) in [7, 11) is 1.74. The smallest absolute Gasteiger partial charge is 0.258 e. The van der Waals surface area contributed by atoms with Crippen molar-refractivity contribution in [1.82, 2.24) is 10.2 Å². The lowest BCUT2D eigenvalue weighted by Gasteiger charge is -2.18. The van der Waals surface area contributed by atoms with Crippen LogP contribution in [0.15, 0.2) is 84.4 Å². The summed E-state index contributed by atoms with van der Waals surface area (Å²) in [5.74, 6) is -0.354. The average molecular weight is 455 g/mol. The third kappa shape index (κ3) is 5.39. The molecule has 3 aromatic carbocycles. The zero-order chi connectivity index (χ0) is 23.2. The van der Waals surface area contributed by atoms with E-state index in [2.05, 4.69) is 15.5 Å². The molecule has 0 aliphatic rings. The number of amides is 2. The van der Waals surface area contributed by atoms with Gasteiger partial charge in [-0.1, -0.05) is 53.3 Å². The van der Waals surface area contributed by atoms with Gasteiger partial charge in [-0.25, -0.2) is 0 Å². The molecule has 0 spiro atoms. The van der Waals surface area contributed by atoms with Crippen molar-refractivity contribution in [3.05, 3.63) is 101 Å². The number of aromatic nitrogens is 2. The first-order chi connectivity index (χ1) is 16.0. The highest BCUT2D eigenvalue weighted by atomic mass is 32.1. The quantitative estimate of drug-likeness (QED) is 0.394. The van der Waals surface area contributed by atoms with Gasteiger partial charge in [0.25, 0.3) is 5.91 Å². The number of benzene rings is 3. The number of hydrogen-bond donors (Lipinski definition) is 1. The molecular weight excluding hydrogens is 432 g/mol. The Morgan fingerprint density at radius 3 is 2.61 bits per heavy atom. The minimum absolute atomic E-state index is 0.0918. The summed E-state index contributed by atoms with van der Waals surface area (Å²) in [6, 6.07) is 22.4. The number of carbonyl (C=O) groups excluding carboxylic acids is 2. The summed E-state index contributed by atoms with van der Waals surface area (Å²) < 4.78 is 0. The van der Waals surface area contributed by atoms with E-state index in [1.807, 2.05) is 73.7 Å². The molecule has 33 heavy (non-hydrogen) atoms. The summed E-state index contributed by atoms with van der Waals surface area (Å²) in [6.07, 6.45) is 3.19. The van der Waals surface area contributed by atoms with Crippen LogP contribution in [0.1, 0.15) is 21.5 Å². The van der Waals surface area contributed by atoms with Crippen molar-refractivity contribution in [2.75, 3.05) is 17.3 Å². The Hall–Kier alpha value is -4.10. The van der Waals surface area contributed by atoms with Crippen molar-refractivity contribution in [3.8, 4) is 10.6 Å². The van der Waals surface area contributed by atoms with Gasteiger partial charge in [-0.05, 0) is 55.0 Å². The van der Waals surface area contributed by atoms with Crippen molar-refractivity contribution < 1.29 is 9.59 Å². The molecule has 0 fully saturated rings. The molecule has 6 nitrogen and oxygen atoms in total. The zero-order valence-electron chi connectivity index (χ0n) is 18.2. The minimum Gasteiger partial charge on any atom is -0.322 e. The Balaban J connectivity index is 1.47. The minimum atomic E-state index is -0.262. The van der Waals surface area contributed by atoms with Crippen molar-refractivity contribution >= 4 is 40.6 Å². The van der Waals surface area contributed by atoms with Crippen LogP contribution in [-0.4, -0.2) is 29.1 Å². The zero-order valence-corrected chi connectivity index (χ0v) is 19.0. The van der Waals surface area contributed by atoms with E-state index in [9.17, 15) is 9.59 Å². The van der Waals surface area contributed by atoms with Crippen molar-refractivity contribution in [3.63, 3.8) is 0 Å². The fraction of sp³-hybridized carbons (Fsp3) is 0.0769. The molecule has 0 aliphatic carbocycles. The molecule has 0 radical (unpaired) electrons. The predicted octanol–water partition coefficient (Wildman–Crippen LogP) is 5.44. The van der Waals surface area contributed by atoms with Crippen LogP contribution in [0.4, 0.5) is 11.4 Å². The van der Waals surface area contributed by atoms with Gasteiger partial charge >= 0.3 is 0 Å². The number of para-hydroxylation sites is 1. The van der Waals surface area contributed by atoms with Crippen LogP contribution in [0.3, 0.4) is 0 Å². The van der Waals surface area contributed by atoms with Gasteiger partial charge in [0.2, 0.25) is 5.91 Å². The van der Waals surface area contributed by atoms with Crippen molar-refractivity contribution in [1.29, 1.82) is 0 Å². The maximum atomic E-state index is 12.8. The lowest BCUT2D eigenvalue weighted by atomic mass is 10.1. The number of carbonyl (C=O) groups is 2. The van der Waals surface area contributed by atoms with E-state index in [4.69, 9.17) is 0 Å². The largest absolute Gasteiger partial charge is 0.322 e. The summed E-state index contributed by atoms with van der Waals surface area (Å²) in [5.41, 5.74) is 6.36. The lowest BCUT2D eigenvalue weighted by Crippen LogP contribution is -2.26. The van der Waals surface area contributed by atoms with E-state index in [0.29, 0.717) is 11.3 Å². The highest BCUT2D eigenvalue weighted by Gasteiger charge is 2.14. The lowest BCUT2D eigenvalue weighted by molar-refractivity contribution is -0.111. The van der Waals surface area contributed by atoms with Gasteiger partial charge in [0.1, 0.15) is 10.5 Å². The molecule has 0 bridgehead atoms. The molecule has 0 saturated heterocycles. The van der Waals surface area contributed by atoms with E-state index in [1.165, 1.54) is 17.4 Å². The van der Waals surface area contributed by atoms with Gasteiger partial charge in [0, 0.05) is 29.9 Å². The summed E-state index contributed by atoms with van der Waals surface area (Å²) in [4.78, 5) is 27.0. The number of anilines is 2. The van der Waals surface area contributed by atoms with E-state index < -0.39 is 0 Å². The van der Waals surface area contributed by atoms with Gasteiger partial charge in [-0.3, -0.25) is 9.59 Å². The fourth-order valence-corrected chi connectivity index (χ4v) is 3.93. The van der Waals surface area contributed by atoms with Crippen molar-refractivity contribution in [2.45, 2.75) is 6.92 Å². The first-order valence-electron chi connectivity index (χ1n) is 10.3. The molecule has 2 amide bonds. The average Bonchev–Trinajstić information content (AvgIpc) is 3.37. The molecule has 1 aromatic heterocycles. The molecule has 7 heteroatoms. The first-order valence-corrected chi connectivity index (χ1v) is 11.2. The number of nitrogens with zero attached hydrogens (tertiary/aromatic N) is 3. The van der Waals surface area contributed by atoms with Crippen LogP contribution in [0.2, 0.25) is 0 Å². The second-order valence-electron chi connectivity index (χ2n) is 7.44. The Bertz CT molecular complexity index is 1320. The number of rotatable bonds is 6. The van der Waals surface area contributed by atoms with Gasteiger partial charge in [-0.15, -0.1) is 10.2 Å². The second kappa shape index (κ2) is 10.0. The molecular formula is C26H22N4O2S. The third-order valence-electron chi connectivity index (χ3n) is 5.03. The van der Waals surface area contributed by atoms with Gasteiger partial charge in [0.05, 0.1) is 5.69 Å². The second-order valence-corrected chi connectivity index (χ2v) is 8.27. The van der Waals surface area contributed by atoms with Crippen LogP contribution >= 0.6 is 11.3 Å². The monoisotopic (exact) mass is 454 g/mol. The third-order valence-corrected chi connectivity index (χ3v) is 5.75. The van der Waals surface area contributed by atoms with Crippen LogP contribution in [0.25, 0.3) is 16.6 Å². The van der Waals surface area contributed by atoms with Crippen LogP contribution in [0.5, 0.6) is 0 Å². The predicted molar refractivity (Wildman–Crippen MR) is 133 cm³/mol. The molecule has 1 N–H and O–H groups in total. The first kappa shape index (κ1) is 22.1. The normalized spacial score (nSPS) is 10.8. The Morgan fingerprint density at radius 1 is 1.00 bits per heavy atom. The molecule has 0 saturated carbocycles. The maximum absolute atomic E-state index is 12.8. The van der Waals surface area contributed by atoms with Crippen LogP contribution in [0, 0.1) is 6.92 Å². The maximum Gasteiger partial charge on any atom is 0.258 e. The SMILES string of the molecule is Cc1cccc(C(=O)N(C)c2cccc(/C=C/C(=O)Nc3ccccc3-c3nncs3)c2)c1. The summed E-state index contributed by atoms with van der Waals surface area (Å²) >= 11 is 1.41. The molecule has 4 rings (SSSR count). The van der Waals surface area contributed by atoms with Crippen molar-refractivity contribution in [2.24, 2.45) is 0 Å². The number of hydrogen-bond acceptors (Lipinski definition) is 5. The number of nitrogens with one attached hydrogen (secondary N) is 1. The highest BCUT2D eigenvalue weighted by Crippen LogP contribution is 2.28. The Morgan fingerprint density at radius 2 is 1.82 bits per heavy atom. The molecule has 1 heterocycles. The Kier molecular flexibility index (Phi) is 6.71. The molecule has 164 valence electrons. The van der Waals surface area contributed by atoms with Gasteiger partial charge in [-0.2, -0.15) is 0 Å². The van der Waals surface area contributed by atoms with E-state index in [-0.39, 0.29) is 11.8 Å². The number of aryl methyl sites for hydroxylation is 1. The Labute approximate surface area is 196 Å². The summed E-state index contributed by atoms with van der Waals surface area (Å²) in [6.45, 7) is 1.96.